The van der Waals surface area contributed by atoms with Crippen molar-refractivity contribution >= 4 is 11.9 Å². The van der Waals surface area contributed by atoms with E-state index in [1.165, 1.54) is 11.6 Å². The van der Waals surface area contributed by atoms with Crippen molar-refractivity contribution in [1.29, 1.82) is 0 Å². The Kier molecular flexibility index (Phi) is 6.91. The summed E-state index contributed by atoms with van der Waals surface area (Å²) in [5.41, 5.74) is 3.03. The molecule has 8 heteroatoms. The molecule has 0 bridgehead atoms. The number of nitrogens with zero attached hydrogens (tertiary/aromatic N) is 1. The van der Waals surface area contributed by atoms with E-state index in [1.54, 1.807) is 23.1 Å². The molecule has 1 unspecified atom stereocenters. The van der Waals surface area contributed by atoms with Gasteiger partial charge in [0.05, 0.1) is 5.56 Å². The molecule has 1 fully saturated rings. The van der Waals surface area contributed by atoms with E-state index >= 15 is 0 Å². The highest BCUT2D eigenvalue weighted by molar-refractivity contribution is 5.98. The maximum Gasteiger partial charge on any atom is 0.416 e. The van der Waals surface area contributed by atoms with Gasteiger partial charge < -0.3 is 15.5 Å². The molecule has 0 saturated heterocycles. The molecule has 3 amide bonds. The predicted molar refractivity (Wildman–Crippen MR) is 144 cm³/mol. The van der Waals surface area contributed by atoms with Crippen LogP contribution in [0.25, 0.3) is 11.1 Å². The van der Waals surface area contributed by atoms with Gasteiger partial charge in [-0.05, 0) is 79.6 Å². The monoisotopic (exact) mass is 535 g/mol. The third-order valence-corrected chi connectivity index (χ3v) is 7.26. The number of alkyl halides is 3. The second-order valence-corrected chi connectivity index (χ2v) is 11.4. The summed E-state index contributed by atoms with van der Waals surface area (Å²) in [7, 11) is 0. The predicted octanol–water partition coefficient (Wildman–Crippen LogP) is 6.52. The van der Waals surface area contributed by atoms with Crippen molar-refractivity contribution in [3.05, 3.63) is 94.5 Å². The van der Waals surface area contributed by atoms with Crippen LogP contribution in [0.15, 0.2) is 66.7 Å². The summed E-state index contributed by atoms with van der Waals surface area (Å²) in [6, 6.07) is 18.4. The maximum absolute atomic E-state index is 13.5. The van der Waals surface area contributed by atoms with Crippen molar-refractivity contribution in [3.8, 4) is 11.1 Å². The molecular weight excluding hydrogens is 503 g/mol. The molecule has 0 aromatic heterocycles. The average Bonchev–Trinajstić information content (AvgIpc) is 3.65. The fourth-order valence-corrected chi connectivity index (χ4v) is 5.26. The molecule has 2 N–H and O–H groups in total. The van der Waals surface area contributed by atoms with Gasteiger partial charge in [0, 0.05) is 36.2 Å². The zero-order valence-electron chi connectivity index (χ0n) is 22.2. The molecule has 0 spiro atoms. The number of hydrogen-bond acceptors (Lipinski definition) is 2. The van der Waals surface area contributed by atoms with Gasteiger partial charge in [0.1, 0.15) is 0 Å². The third kappa shape index (κ3) is 5.95. The van der Waals surface area contributed by atoms with E-state index in [0.717, 1.165) is 24.1 Å². The quantitative estimate of drug-likeness (QED) is 0.399. The lowest BCUT2D eigenvalue weighted by Crippen LogP contribution is -2.50. The van der Waals surface area contributed by atoms with E-state index in [4.69, 9.17) is 0 Å². The first-order valence-corrected chi connectivity index (χ1v) is 13.2. The highest BCUT2D eigenvalue weighted by Gasteiger charge is 2.40. The second kappa shape index (κ2) is 10.1. The van der Waals surface area contributed by atoms with Crippen LogP contribution in [0.3, 0.4) is 0 Å². The molecule has 204 valence electrons. The molecule has 5 rings (SSSR count). The first kappa shape index (κ1) is 26.8. The lowest BCUT2D eigenvalue weighted by molar-refractivity contribution is -0.137. The molecule has 2 aliphatic rings. The molecule has 1 aliphatic heterocycles. The number of carbonyl (C=O) groups is 2. The number of fused-ring (bicyclic) bond motifs is 1. The number of halogens is 3. The Morgan fingerprint density at radius 2 is 1.67 bits per heavy atom. The smallest absolute Gasteiger partial charge is 0.349 e. The molecule has 1 heterocycles. The lowest BCUT2D eigenvalue weighted by Gasteiger charge is -2.34. The number of benzene rings is 3. The number of carbonyl (C=O) groups excluding carboxylic acids is 2. The van der Waals surface area contributed by atoms with Gasteiger partial charge >= 0.3 is 12.2 Å². The molecular formula is C31H32F3N3O2. The molecule has 1 aliphatic carbocycles. The number of urea groups is 1. The molecule has 3 aromatic rings. The minimum absolute atomic E-state index is 0.0163. The standard InChI is InChI=1S/C31H32F3N3O2/c1-30(2,3)36-29(39)37-15-14-23-22(20-10-7-11-21(16-20)31(32,33)34)12-13-24(26(23)18-37)28(38)35-27-17-25(27)19-8-5-4-6-9-19/h4-13,16,25,27H,14-15,17-18H2,1-3H3,(H,35,38)(H,36,39)/t25?,27-/m1/s1. The minimum atomic E-state index is -4.46. The van der Waals surface area contributed by atoms with Crippen LogP contribution in [0, 0.1) is 0 Å². The molecule has 5 nitrogen and oxygen atoms in total. The lowest BCUT2D eigenvalue weighted by atomic mass is 9.87. The Labute approximate surface area is 226 Å². The summed E-state index contributed by atoms with van der Waals surface area (Å²) in [5.74, 6) is 0.0211. The van der Waals surface area contributed by atoms with Crippen LogP contribution in [-0.2, 0) is 19.1 Å². The molecule has 1 saturated carbocycles. The van der Waals surface area contributed by atoms with Gasteiger partial charge in [-0.3, -0.25) is 4.79 Å². The van der Waals surface area contributed by atoms with Gasteiger partial charge in [-0.15, -0.1) is 0 Å². The van der Waals surface area contributed by atoms with Crippen molar-refractivity contribution in [3.63, 3.8) is 0 Å². The van der Waals surface area contributed by atoms with Gasteiger partial charge in [-0.25, -0.2) is 4.79 Å². The zero-order valence-corrected chi connectivity index (χ0v) is 22.2. The average molecular weight is 536 g/mol. The SMILES string of the molecule is CC(C)(C)NC(=O)N1CCc2c(-c3cccc(C(F)(F)F)c3)ccc(C(=O)N[C@@H]3CC3c3ccccc3)c2C1. The van der Waals surface area contributed by atoms with Crippen molar-refractivity contribution in [2.45, 2.75) is 63.8 Å². The van der Waals surface area contributed by atoms with Crippen LogP contribution in [0.4, 0.5) is 18.0 Å². The van der Waals surface area contributed by atoms with Crippen LogP contribution in [-0.4, -0.2) is 35.0 Å². The fraction of sp³-hybridized carbons (Fsp3) is 0.355. The Bertz CT molecular complexity index is 1400. The summed E-state index contributed by atoms with van der Waals surface area (Å²) >= 11 is 0. The summed E-state index contributed by atoms with van der Waals surface area (Å²) < 4.78 is 40.3. The Morgan fingerprint density at radius 3 is 2.36 bits per heavy atom. The van der Waals surface area contributed by atoms with E-state index in [2.05, 4.69) is 10.6 Å². The molecule has 2 atom stereocenters. The van der Waals surface area contributed by atoms with Gasteiger partial charge in [0.25, 0.3) is 5.91 Å². The Hall–Kier alpha value is -3.81. The van der Waals surface area contributed by atoms with E-state index < -0.39 is 17.3 Å². The maximum atomic E-state index is 13.5. The topological polar surface area (TPSA) is 61.4 Å². The van der Waals surface area contributed by atoms with Crippen LogP contribution in [0.1, 0.15) is 65.7 Å². The third-order valence-electron chi connectivity index (χ3n) is 7.26. The summed E-state index contributed by atoms with van der Waals surface area (Å²) in [6.45, 7) is 6.27. The van der Waals surface area contributed by atoms with Crippen molar-refractivity contribution in [2.75, 3.05) is 6.54 Å². The highest BCUT2D eigenvalue weighted by Crippen LogP contribution is 2.41. The number of hydrogen-bond donors (Lipinski definition) is 2. The summed E-state index contributed by atoms with van der Waals surface area (Å²) in [4.78, 5) is 28.2. The highest BCUT2D eigenvalue weighted by atomic mass is 19.4. The Morgan fingerprint density at radius 1 is 0.923 bits per heavy atom. The second-order valence-electron chi connectivity index (χ2n) is 11.4. The van der Waals surface area contributed by atoms with Gasteiger partial charge in [0.2, 0.25) is 0 Å². The fourth-order valence-electron chi connectivity index (χ4n) is 5.26. The van der Waals surface area contributed by atoms with Crippen LogP contribution in [0.5, 0.6) is 0 Å². The van der Waals surface area contributed by atoms with E-state index in [-0.39, 0.29) is 30.4 Å². The van der Waals surface area contributed by atoms with Crippen molar-refractivity contribution in [2.24, 2.45) is 0 Å². The molecule has 3 aromatic carbocycles. The Balaban J connectivity index is 1.47. The van der Waals surface area contributed by atoms with Crippen LogP contribution in [0.2, 0.25) is 0 Å². The minimum Gasteiger partial charge on any atom is -0.349 e. The van der Waals surface area contributed by atoms with Crippen molar-refractivity contribution < 1.29 is 22.8 Å². The van der Waals surface area contributed by atoms with E-state index in [1.807, 2.05) is 51.1 Å². The van der Waals surface area contributed by atoms with Gasteiger partial charge in [0.15, 0.2) is 0 Å². The number of nitrogens with one attached hydrogen (secondary N) is 2. The number of amides is 3. The first-order chi connectivity index (χ1) is 18.4. The normalized spacial score (nSPS) is 18.8. The van der Waals surface area contributed by atoms with Crippen molar-refractivity contribution in [1.82, 2.24) is 15.5 Å². The summed E-state index contributed by atoms with van der Waals surface area (Å²) in [5, 5.41) is 6.10. The molecule has 39 heavy (non-hydrogen) atoms. The van der Waals surface area contributed by atoms with E-state index in [0.29, 0.717) is 35.2 Å². The van der Waals surface area contributed by atoms with Gasteiger partial charge in [-0.1, -0.05) is 48.5 Å². The van der Waals surface area contributed by atoms with Gasteiger partial charge in [-0.2, -0.15) is 13.2 Å². The summed E-state index contributed by atoms with van der Waals surface area (Å²) in [6.07, 6.45) is -3.19. The van der Waals surface area contributed by atoms with Crippen LogP contribution < -0.4 is 10.6 Å². The van der Waals surface area contributed by atoms with Crippen LogP contribution >= 0.6 is 0 Å². The zero-order chi connectivity index (χ0) is 27.9. The molecule has 0 radical (unpaired) electrons. The van der Waals surface area contributed by atoms with E-state index in [9.17, 15) is 22.8 Å². The number of rotatable bonds is 4. The first-order valence-electron chi connectivity index (χ1n) is 13.2. The largest absolute Gasteiger partial charge is 0.416 e.